The Hall–Kier alpha value is -1.81. The van der Waals surface area contributed by atoms with Crippen LogP contribution in [0.25, 0.3) is 0 Å². The van der Waals surface area contributed by atoms with Gasteiger partial charge in [0, 0.05) is 13.1 Å². The Labute approximate surface area is 118 Å². The van der Waals surface area contributed by atoms with Crippen LogP contribution in [-0.4, -0.2) is 12.5 Å². The summed E-state index contributed by atoms with van der Waals surface area (Å²) in [5.74, 6) is 0.859. The summed E-state index contributed by atoms with van der Waals surface area (Å²) in [5.41, 5.74) is 2.51. The van der Waals surface area contributed by atoms with Crippen molar-refractivity contribution in [1.29, 1.82) is 0 Å². The summed E-state index contributed by atoms with van der Waals surface area (Å²) >= 11 is 1.70. The molecule has 0 saturated carbocycles. The Morgan fingerprint density at radius 1 is 1.11 bits per heavy atom. The average molecular weight is 273 g/mol. The molecule has 4 heteroatoms. The SMILES string of the molecule is CCNC(=NCc1ccsc1)NCc1ccccc1. The molecule has 0 bridgehead atoms. The van der Waals surface area contributed by atoms with Gasteiger partial charge in [-0.1, -0.05) is 30.3 Å². The molecule has 0 atom stereocenters. The number of benzene rings is 1. The van der Waals surface area contributed by atoms with Gasteiger partial charge in [-0.15, -0.1) is 0 Å². The maximum absolute atomic E-state index is 4.57. The normalized spacial score (nSPS) is 11.3. The lowest BCUT2D eigenvalue weighted by Gasteiger charge is -2.11. The summed E-state index contributed by atoms with van der Waals surface area (Å²) in [4.78, 5) is 4.57. The van der Waals surface area contributed by atoms with Crippen molar-refractivity contribution in [1.82, 2.24) is 10.6 Å². The Bertz CT molecular complexity index is 491. The third-order valence-corrected chi connectivity index (χ3v) is 3.38. The third-order valence-electron chi connectivity index (χ3n) is 2.65. The highest BCUT2D eigenvalue weighted by Crippen LogP contribution is 2.06. The maximum atomic E-state index is 4.57. The third kappa shape index (κ3) is 4.75. The van der Waals surface area contributed by atoms with Crippen LogP contribution < -0.4 is 10.6 Å². The second-order valence-electron chi connectivity index (χ2n) is 4.17. The summed E-state index contributed by atoms with van der Waals surface area (Å²) in [7, 11) is 0. The molecule has 0 aliphatic rings. The van der Waals surface area contributed by atoms with Crippen molar-refractivity contribution in [3.8, 4) is 0 Å². The molecule has 0 unspecified atom stereocenters. The van der Waals surface area contributed by atoms with E-state index in [0.717, 1.165) is 19.0 Å². The van der Waals surface area contributed by atoms with E-state index in [-0.39, 0.29) is 0 Å². The Kier molecular flexibility index (Phi) is 5.44. The highest BCUT2D eigenvalue weighted by Gasteiger charge is 1.98. The van der Waals surface area contributed by atoms with Crippen molar-refractivity contribution in [2.24, 2.45) is 4.99 Å². The smallest absolute Gasteiger partial charge is 0.191 e. The molecule has 0 saturated heterocycles. The molecular weight excluding hydrogens is 254 g/mol. The highest BCUT2D eigenvalue weighted by atomic mass is 32.1. The van der Waals surface area contributed by atoms with E-state index < -0.39 is 0 Å². The molecule has 0 spiro atoms. The molecule has 2 rings (SSSR count). The minimum atomic E-state index is 0.716. The number of aliphatic imine (C=N–C) groups is 1. The molecule has 19 heavy (non-hydrogen) atoms. The largest absolute Gasteiger partial charge is 0.357 e. The minimum absolute atomic E-state index is 0.716. The van der Waals surface area contributed by atoms with Crippen molar-refractivity contribution in [2.45, 2.75) is 20.0 Å². The van der Waals surface area contributed by atoms with Crippen LogP contribution in [0.4, 0.5) is 0 Å². The zero-order chi connectivity index (χ0) is 13.3. The van der Waals surface area contributed by atoms with E-state index in [9.17, 15) is 0 Å². The molecule has 3 nitrogen and oxygen atoms in total. The number of hydrogen-bond donors (Lipinski definition) is 2. The number of rotatable bonds is 5. The lowest BCUT2D eigenvalue weighted by atomic mass is 10.2. The molecular formula is C15H19N3S. The van der Waals surface area contributed by atoms with Gasteiger partial charge in [0.1, 0.15) is 0 Å². The number of nitrogens with zero attached hydrogens (tertiary/aromatic N) is 1. The topological polar surface area (TPSA) is 36.4 Å². The van der Waals surface area contributed by atoms with Crippen molar-refractivity contribution in [3.63, 3.8) is 0 Å². The monoisotopic (exact) mass is 273 g/mol. The molecule has 1 heterocycles. The summed E-state index contributed by atoms with van der Waals surface area (Å²) in [6.45, 7) is 4.44. The van der Waals surface area contributed by atoms with E-state index >= 15 is 0 Å². The van der Waals surface area contributed by atoms with E-state index in [2.05, 4.69) is 51.5 Å². The van der Waals surface area contributed by atoms with E-state index in [1.807, 2.05) is 18.2 Å². The van der Waals surface area contributed by atoms with Crippen molar-refractivity contribution < 1.29 is 0 Å². The van der Waals surface area contributed by atoms with Gasteiger partial charge in [0.15, 0.2) is 5.96 Å². The maximum Gasteiger partial charge on any atom is 0.191 e. The molecule has 1 aromatic carbocycles. The van der Waals surface area contributed by atoms with Crippen LogP contribution >= 0.6 is 11.3 Å². The molecule has 0 fully saturated rings. The van der Waals surface area contributed by atoms with Gasteiger partial charge in [-0.2, -0.15) is 11.3 Å². The molecule has 100 valence electrons. The Morgan fingerprint density at radius 3 is 2.63 bits per heavy atom. The number of hydrogen-bond acceptors (Lipinski definition) is 2. The van der Waals surface area contributed by atoms with Crippen LogP contribution in [0.15, 0.2) is 52.2 Å². The molecule has 2 N–H and O–H groups in total. The molecule has 1 aromatic heterocycles. The van der Waals surface area contributed by atoms with Gasteiger partial charge < -0.3 is 10.6 Å². The molecule has 0 amide bonds. The summed E-state index contributed by atoms with van der Waals surface area (Å²) in [6.07, 6.45) is 0. The van der Waals surface area contributed by atoms with Crippen LogP contribution in [0, 0.1) is 0 Å². The summed E-state index contributed by atoms with van der Waals surface area (Å²) in [5, 5.41) is 10.8. The fraction of sp³-hybridized carbons (Fsp3) is 0.267. The van der Waals surface area contributed by atoms with Crippen LogP contribution in [0.1, 0.15) is 18.1 Å². The molecule has 2 aromatic rings. The fourth-order valence-electron chi connectivity index (χ4n) is 1.68. The first-order valence-corrected chi connectivity index (χ1v) is 7.40. The lowest BCUT2D eigenvalue weighted by molar-refractivity contribution is 0.816. The van der Waals surface area contributed by atoms with Gasteiger partial charge in [-0.05, 0) is 34.9 Å². The zero-order valence-corrected chi connectivity index (χ0v) is 11.9. The minimum Gasteiger partial charge on any atom is -0.357 e. The molecule has 0 aliphatic heterocycles. The standard InChI is InChI=1S/C15H19N3S/c1-2-16-15(18-11-14-8-9-19-12-14)17-10-13-6-4-3-5-7-13/h3-9,12H,2,10-11H2,1H3,(H2,16,17,18). The summed E-state index contributed by atoms with van der Waals surface area (Å²) in [6, 6.07) is 12.4. The van der Waals surface area contributed by atoms with Gasteiger partial charge in [-0.25, -0.2) is 4.99 Å². The van der Waals surface area contributed by atoms with Crippen LogP contribution in [-0.2, 0) is 13.1 Å². The van der Waals surface area contributed by atoms with Gasteiger partial charge in [0.05, 0.1) is 6.54 Å². The van der Waals surface area contributed by atoms with Crippen molar-refractivity contribution in [3.05, 3.63) is 58.3 Å². The van der Waals surface area contributed by atoms with Crippen molar-refractivity contribution in [2.75, 3.05) is 6.54 Å². The van der Waals surface area contributed by atoms with E-state index in [1.54, 1.807) is 11.3 Å². The van der Waals surface area contributed by atoms with E-state index in [0.29, 0.717) is 6.54 Å². The summed E-state index contributed by atoms with van der Waals surface area (Å²) < 4.78 is 0. The quantitative estimate of drug-likeness (QED) is 0.649. The van der Waals surface area contributed by atoms with Gasteiger partial charge in [0.25, 0.3) is 0 Å². The average Bonchev–Trinajstić information content (AvgIpc) is 2.96. The van der Waals surface area contributed by atoms with Crippen LogP contribution in [0.3, 0.4) is 0 Å². The van der Waals surface area contributed by atoms with Gasteiger partial charge in [0.2, 0.25) is 0 Å². The first kappa shape index (κ1) is 13.6. The highest BCUT2D eigenvalue weighted by molar-refractivity contribution is 7.07. The van der Waals surface area contributed by atoms with Crippen LogP contribution in [0.5, 0.6) is 0 Å². The number of guanidine groups is 1. The fourth-order valence-corrected chi connectivity index (χ4v) is 2.34. The van der Waals surface area contributed by atoms with Crippen LogP contribution in [0.2, 0.25) is 0 Å². The zero-order valence-electron chi connectivity index (χ0n) is 11.1. The van der Waals surface area contributed by atoms with Gasteiger partial charge in [-0.3, -0.25) is 0 Å². The number of nitrogens with one attached hydrogen (secondary N) is 2. The molecule has 0 radical (unpaired) electrons. The Morgan fingerprint density at radius 2 is 1.95 bits per heavy atom. The predicted molar refractivity (Wildman–Crippen MR) is 82.4 cm³/mol. The first-order chi connectivity index (χ1) is 9.38. The predicted octanol–water partition coefficient (Wildman–Crippen LogP) is 3.00. The van der Waals surface area contributed by atoms with E-state index in [1.165, 1.54) is 11.1 Å². The molecule has 0 aliphatic carbocycles. The Balaban J connectivity index is 1.90. The van der Waals surface area contributed by atoms with Gasteiger partial charge >= 0.3 is 0 Å². The number of thiophene rings is 1. The van der Waals surface area contributed by atoms with Crippen molar-refractivity contribution >= 4 is 17.3 Å². The second-order valence-corrected chi connectivity index (χ2v) is 4.95. The first-order valence-electron chi connectivity index (χ1n) is 6.45. The second kappa shape index (κ2) is 7.59. The lowest BCUT2D eigenvalue weighted by Crippen LogP contribution is -2.36. The van der Waals surface area contributed by atoms with E-state index in [4.69, 9.17) is 0 Å².